The van der Waals surface area contributed by atoms with Gasteiger partial charge in [0.15, 0.2) is 5.58 Å². The van der Waals surface area contributed by atoms with Crippen molar-refractivity contribution in [3.63, 3.8) is 0 Å². The van der Waals surface area contributed by atoms with E-state index in [2.05, 4.69) is 56.3 Å². The summed E-state index contributed by atoms with van der Waals surface area (Å²) < 4.78 is 16.1. The Hall–Kier alpha value is -3.98. The van der Waals surface area contributed by atoms with Crippen LogP contribution < -0.4 is 11.0 Å². The van der Waals surface area contributed by atoms with E-state index in [-0.39, 0.29) is 11.8 Å². The summed E-state index contributed by atoms with van der Waals surface area (Å²) in [5, 5.41) is 3.81. The van der Waals surface area contributed by atoms with Gasteiger partial charge in [-0.3, -0.25) is 4.57 Å². The third-order valence-electron chi connectivity index (χ3n) is 7.13. The molecule has 1 saturated heterocycles. The molecule has 9 heteroatoms. The van der Waals surface area contributed by atoms with Crippen LogP contribution in [0.4, 0.5) is 5.82 Å². The van der Waals surface area contributed by atoms with Crippen LogP contribution in [0.2, 0.25) is 0 Å². The average molecular weight is 499 g/mol. The molecule has 0 radical (unpaired) electrons. The number of furan rings is 1. The number of nitrogens with one attached hydrogen (secondary N) is 1. The van der Waals surface area contributed by atoms with Crippen molar-refractivity contribution in [3.05, 3.63) is 59.5 Å². The van der Waals surface area contributed by atoms with E-state index in [0.717, 1.165) is 61.2 Å². The first kappa shape index (κ1) is 23.4. The highest BCUT2D eigenvalue weighted by Gasteiger charge is 2.22. The number of anilines is 1. The normalized spacial score (nSPS) is 16.0. The molecular weight excluding hydrogens is 468 g/mol. The Balaban J connectivity index is 1.53. The van der Waals surface area contributed by atoms with E-state index in [9.17, 15) is 4.79 Å². The minimum Gasteiger partial charge on any atom is -0.434 e. The van der Waals surface area contributed by atoms with E-state index in [1.54, 1.807) is 10.8 Å². The molecule has 6 heterocycles. The van der Waals surface area contributed by atoms with Gasteiger partial charge in [-0.1, -0.05) is 0 Å². The molecule has 5 aromatic heterocycles. The second-order valence-electron chi connectivity index (χ2n) is 9.44. The minimum atomic E-state index is -0.318. The zero-order chi connectivity index (χ0) is 25.4. The smallest absolute Gasteiger partial charge is 0.348 e. The molecule has 1 N–H and O–H groups in total. The van der Waals surface area contributed by atoms with Crippen LogP contribution in [0.1, 0.15) is 32.6 Å². The molecule has 6 rings (SSSR count). The van der Waals surface area contributed by atoms with Crippen molar-refractivity contribution in [1.29, 1.82) is 0 Å². The molecule has 1 unspecified atom stereocenters. The maximum Gasteiger partial charge on any atom is 0.348 e. The zero-order valence-electron chi connectivity index (χ0n) is 21.1. The second kappa shape index (κ2) is 9.82. The Morgan fingerprint density at radius 1 is 1.11 bits per heavy atom. The fraction of sp³-hybridized carbons (Fsp3) is 0.357. The molecule has 0 amide bonds. The van der Waals surface area contributed by atoms with Crippen molar-refractivity contribution in [3.8, 4) is 22.4 Å². The van der Waals surface area contributed by atoms with Gasteiger partial charge in [0.05, 0.1) is 11.5 Å². The summed E-state index contributed by atoms with van der Waals surface area (Å²) >= 11 is 0. The van der Waals surface area contributed by atoms with Gasteiger partial charge in [-0.25, -0.2) is 14.8 Å². The molecule has 1 fully saturated rings. The number of nitrogens with zero attached hydrogens (tertiary/aromatic N) is 5. The number of pyridine rings is 2. The standard InChI is InChI=1S/C28H30N6O3/c1-3-33-11-9-19(17-33)20-14-22-25-26(37-27(22)31-16-20)24(18-7-8-23(29-2)30-15-18)32-28(35)34(25)12-10-21-6-4-5-13-36-21/h7-9,11,14-17,21H,3-6,10,12-13H2,1-2H3,(H,29,30). The molecule has 37 heavy (non-hydrogen) atoms. The van der Waals surface area contributed by atoms with Crippen LogP contribution >= 0.6 is 0 Å². The van der Waals surface area contributed by atoms with Crippen LogP contribution in [0.3, 0.4) is 0 Å². The number of aryl methyl sites for hydroxylation is 2. The van der Waals surface area contributed by atoms with E-state index in [4.69, 9.17) is 9.15 Å². The topological polar surface area (TPSA) is 100 Å². The summed E-state index contributed by atoms with van der Waals surface area (Å²) in [6.45, 7) is 4.27. The highest BCUT2D eigenvalue weighted by molar-refractivity contribution is 6.06. The molecule has 1 aliphatic heterocycles. The van der Waals surface area contributed by atoms with Gasteiger partial charge in [0.1, 0.15) is 17.0 Å². The molecule has 1 atom stereocenters. The molecule has 0 spiro atoms. The number of fused-ring (bicyclic) bond motifs is 3. The summed E-state index contributed by atoms with van der Waals surface area (Å²) in [4.78, 5) is 27.0. The Labute approximate surface area is 214 Å². The SMILES string of the molecule is CCn1ccc(-c2cnc3oc4c(-c5ccc(NC)nc5)nc(=O)n(CCC5CCCCO5)c4c3c2)c1. The lowest BCUT2D eigenvalue weighted by Crippen LogP contribution is -2.27. The zero-order valence-corrected chi connectivity index (χ0v) is 21.1. The largest absolute Gasteiger partial charge is 0.434 e. The summed E-state index contributed by atoms with van der Waals surface area (Å²) in [7, 11) is 1.81. The first-order chi connectivity index (χ1) is 18.1. The maximum atomic E-state index is 13.5. The van der Waals surface area contributed by atoms with Crippen LogP contribution in [0.15, 0.2) is 58.3 Å². The number of hydrogen-bond acceptors (Lipinski definition) is 7. The van der Waals surface area contributed by atoms with Crippen LogP contribution in [0, 0.1) is 0 Å². The van der Waals surface area contributed by atoms with Crippen LogP contribution in [0.5, 0.6) is 0 Å². The molecular formula is C28H30N6O3. The van der Waals surface area contributed by atoms with Crippen molar-refractivity contribution in [2.45, 2.75) is 51.8 Å². The van der Waals surface area contributed by atoms with Gasteiger partial charge in [-0.2, -0.15) is 4.98 Å². The lowest BCUT2D eigenvalue weighted by atomic mass is 10.1. The summed E-state index contributed by atoms with van der Waals surface area (Å²) in [6, 6.07) is 7.87. The first-order valence-electron chi connectivity index (χ1n) is 12.9. The van der Waals surface area contributed by atoms with Crippen molar-refractivity contribution < 1.29 is 9.15 Å². The lowest BCUT2D eigenvalue weighted by Gasteiger charge is -2.22. The Morgan fingerprint density at radius 2 is 2.00 bits per heavy atom. The molecule has 0 aliphatic carbocycles. The molecule has 5 aromatic rings. The Kier molecular flexibility index (Phi) is 6.21. The lowest BCUT2D eigenvalue weighted by molar-refractivity contribution is 0.00881. The van der Waals surface area contributed by atoms with Gasteiger partial charge >= 0.3 is 5.69 Å². The third kappa shape index (κ3) is 4.40. The average Bonchev–Trinajstić information content (AvgIpc) is 3.58. The number of aromatic nitrogens is 5. The minimum absolute atomic E-state index is 0.148. The van der Waals surface area contributed by atoms with Crippen molar-refractivity contribution >= 4 is 28.0 Å². The predicted molar refractivity (Wildman–Crippen MR) is 144 cm³/mol. The number of ether oxygens (including phenoxy) is 1. The Bertz CT molecular complexity index is 1610. The number of rotatable bonds is 7. The van der Waals surface area contributed by atoms with E-state index in [1.165, 1.54) is 0 Å². The van der Waals surface area contributed by atoms with Gasteiger partial charge < -0.3 is 19.0 Å². The summed E-state index contributed by atoms with van der Waals surface area (Å²) in [5.41, 5.74) is 4.62. The molecule has 9 nitrogen and oxygen atoms in total. The Morgan fingerprint density at radius 3 is 2.73 bits per heavy atom. The summed E-state index contributed by atoms with van der Waals surface area (Å²) in [5.74, 6) is 0.732. The van der Waals surface area contributed by atoms with Crippen molar-refractivity contribution in [2.75, 3.05) is 19.0 Å². The monoisotopic (exact) mass is 498 g/mol. The van der Waals surface area contributed by atoms with Crippen LogP contribution in [-0.4, -0.2) is 43.8 Å². The third-order valence-corrected chi connectivity index (χ3v) is 7.13. The van der Waals surface area contributed by atoms with Crippen molar-refractivity contribution in [1.82, 2.24) is 24.1 Å². The molecule has 0 bridgehead atoms. The maximum absolute atomic E-state index is 13.5. The second-order valence-corrected chi connectivity index (χ2v) is 9.44. The van der Waals surface area contributed by atoms with E-state index < -0.39 is 0 Å². The highest BCUT2D eigenvalue weighted by atomic mass is 16.5. The molecule has 0 aromatic carbocycles. The summed E-state index contributed by atoms with van der Waals surface area (Å²) in [6.07, 6.45) is 11.8. The fourth-order valence-corrected chi connectivity index (χ4v) is 5.06. The molecule has 1 aliphatic rings. The van der Waals surface area contributed by atoms with Gasteiger partial charge in [0.25, 0.3) is 0 Å². The van der Waals surface area contributed by atoms with Gasteiger partial charge in [0, 0.05) is 68.2 Å². The van der Waals surface area contributed by atoms with Gasteiger partial charge in [-0.05, 0) is 56.9 Å². The van der Waals surface area contributed by atoms with Crippen LogP contribution in [-0.2, 0) is 17.8 Å². The fourth-order valence-electron chi connectivity index (χ4n) is 5.06. The van der Waals surface area contributed by atoms with E-state index >= 15 is 0 Å². The van der Waals surface area contributed by atoms with Crippen LogP contribution in [0.25, 0.3) is 44.6 Å². The van der Waals surface area contributed by atoms with Gasteiger partial charge in [-0.15, -0.1) is 0 Å². The molecule has 0 saturated carbocycles. The van der Waals surface area contributed by atoms with Gasteiger partial charge in [0.2, 0.25) is 5.71 Å². The van der Waals surface area contributed by atoms with Crippen molar-refractivity contribution in [2.24, 2.45) is 0 Å². The number of hydrogen-bond donors (Lipinski definition) is 1. The predicted octanol–water partition coefficient (Wildman–Crippen LogP) is 5.09. The van der Waals surface area contributed by atoms with E-state index in [1.807, 2.05) is 25.4 Å². The first-order valence-corrected chi connectivity index (χ1v) is 12.9. The quantitative estimate of drug-likeness (QED) is 0.334. The van der Waals surface area contributed by atoms with E-state index in [0.29, 0.717) is 34.6 Å². The highest BCUT2D eigenvalue weighted by Crippen LogP contribution is 2.35. The molecule has 190 valence electrons.